The van der Waals surface area contributed by atoms with Crippen molar-refractivity contribution in [1.82, 2.24) is 4.98 Å². The Bertz CT molecular complexity index is 1580. The average Bonchev–Trinajstić information content (AvgIpc) is 3.51. The number of anilines is 1. The predicted octanol–water partition coefficient (Wildman–Crippen LogP) is 5.86. The number of ketones is 1. The van der Waals surface area contributed by atoms with Crippen LogP contribution >= 0.6 is 11.3 Å². The molecule has 0 radical (unpaired) electrons. The van der Waals surface area contributed by atoms with Crippen molar-refractivity contribution < 1.29 is 19.4 Å². The number of carbonyl (C=O) groups is 2. The van der Waals surface area contributed by atoms with Gasteiger partial charge in [-0.15, -0.1) is 0 Å². The van der Waals surface area contributed by atoms with Crippen LogP contribution in [0.25, 0.3) is 16.0 Å². The molecule has 2 aliphatic heterocycles. The van der Waals surface area contributed by atoms with Gasteiger partial charge in [-0.2, -0.15) is 0 Å². The fourth-order valence-corrected chi connectivity index (χ4v) is 6.03. The summed E-state index contributed by atoms with van der Waals surface area (Å²) in [5.41, 5.74) is 5.15. The maximum atomic E-state index is 13.5. The highest BCUT2D eigenvalue weighted by Crippen LogP contribution is 2.45. The number of hydrogen-bond acceptors (Lipinski definition) is 6. The number of carbonyl (C=O) groups excluding carboxylic acids is 2. The van der Waals surface area contributed by atoms with Crippen molar-refractivity contribution in [2.75, 3.05) is 4.90 Å². The molecule has 0 aliphatic carbocycles. The predicted molar refractivity (Wildman–Crippen MR) is 141 cm³/mol. The van der Waals surface area contributed by atoms with E-state index >= 15 is 0 Å². The maximum Gasteiger partial charge on any atom is 0.301 e. The van der Waals surface area contributed by atoms with Gasteiger partial charge in [0.15, 0.2) is 5.13 Å². The first-order chi connectivity index (χ1) is 17.3. The Morgan fingerprint density at radius 3 is 2.56 bits per heavy atom. The summed E-state index contributed by atoms with van der Waals surface area (Å²) in [4.78, 5) is 33.0. The van der Waals surface area contributed by atoms with E-state index in [2.05, 4.69) is 4.98 Å². The number of ether oxygens (including phenoxy) is 1. The van der Waals surface area contributed by atoms with E-state index in [1.165, 1.54) is 16.2 Å². The van der Waals surface area contributed by atoms with Crippen LogP contribution in [0.3, 0.4) is 0 Å². The highest BCUT2D eigenvalue weighted by atomic mass is 32.1. The number of nitrogens with zero attached hydrogens (tertiary/aromatic N) is 2. The Hall–Kier alpha value is -3.97. The number of amides is 1. The Morgan fingerprint density at radius 2 is 1.78 bits per heavy atom. The van der Waals surface area contributed by atoms with Crippen LogP contribution in [-0.4, -0.2) is 27.9 Å². The molecule has 4 aromatic rings. The molecule has 3 aromatic carbocycles. The molecular formula is C29H24N2O4S. The van der Waals surface area contributed by atoms with Gasteiger partial charge < -0.3 is 9.84 Å². The lowest BCUT2D eigenvalue weighted by molar-refractivity contribution is -0.132. The number of aromatic nitrogens is 1. The first-order valence-corrected chi connectivity index (χ1v) is 12.7. The minimum atomic E-state index is -0.796. The SMILES string of the molecule is Cc1ccc(C2C(=C(O)c3ccc4c(c3)CC(C)O4)C(=O)C(=O)N2c2nc3ccc(C)cc3s2)cc1. The molecule has 36 heavy (non-hydrogen) atoms. The first kappa shape index (κ1) is 22.5. The second kappa shape index (κ2) is 8.31. The van der Waals surface area contributed by atoms with Crippen molar-refractivity contribution in [1.29, 1.82) is 0 Å². The summed E-state index contributed by atoms with van der Waals surface area (Å²) in [6.07, 6.45) is 0.773. The van der Waals surface area contributed by atoms with Crippen LogP contribution in [0.2, 0.25) is 0 Å². The van der Waals surface area contributed by atoms with Gasteiger partial charge in [-0.1, -0.05) is 47.2 Å². The molecule has 0 bridgehead atoms. The average molecular weight is 497 g/mol. The molecule has 1 N–H and O–H groups in total. The third-order valence-electron chi connectivity index (χ3n) is 6.75. The van der Waals surface area contributed by atoms with Crippen LogP contribution in [0.5, 0.6) is 5.75 Å². The third kappa shape index (κ3) is 3.58. The summed E-state index contributed by atoms with van der Waals surface area (Å²) in [6.45, 7) is 5.96. The zero-order valence-corrected chi connectivity index (χ0v) is 20.9. The van der Waals surface area contributed by atoms with Crippen molar-refractivity contribution in [3.63, 3.8) is 0 Å². The Kier molecular flexibility index (Phi) is 5.19. The summed E-state index contributed by atoms with van der Waals surface area (Å²) >= 11 is 1.36. The van der Waals surface area contributed by atoms with Gasteiger partial charge in [0.05, 0.1) is 21.8 Å². The number of aryl methyl sites for hydroxylation is 2. The summed E-state index contributed by atoms with van der Waals surface area (Å²) in [7, 11) is 0. The number of aliphatic hydroxyl groups is 1. The molecule has 6 rings (SSSR count). The van der Waals surface area contributed by atoms with Crippen LogP contribution in [0.4, 0.5) is 5.13 Å². The van der Waals surface area contributed by atoms with Crippen molar-refractivity contribution in [3.05, 3.63) is 94.1 Å². The maximum absolute atomic E-state index is 13.5. The standard InChI is InChI=1S/C29H24N2O4S/c1-15-4-7-18(8-5-15)25-24(26(32)19-9-11-22-20(14-19)13-17(3)35-22)27(33)28(34)31(25)29-30-21-10-6-16(2)12-23(21)36-29/h4-12,14,17,25,32H,13H2,1-3H3. The number of fused-ring (bicyclic) bond motifs is 2. The van der Waals surface area contributed by atoms with E-state index < -0.39 is 17.7 Å². The molecule has 3 heterocycles. The van der Waals surface area contributed by atoms with E-state index in [1.54, 1.807) is 12.1 Å². The smallest absolute Gasteiger partial charge is 0.301 e. The summed E-state index contributed by atoms with van der Waals surface area (Å²) < 4.78 is 6.72. The lowest BCUT2D eigenvalue weighted by Gasteiger charge is -2.23. The van der Waals surface area contributed by atoms with Crippen molar-refractivity contribution >= 4 is 44.1 Å². The van der Waals surface area contributed by atoms with Gasteiger partial charge in [-0.05, 0) is 67.8 Å². The van der Waals surface area contributed by atoms with Crippen molar-refractivity contribution in [3.8, 4) is 5.75 Å². The Balaban J connectivity index is 1.53. The van der Waals surface area contributed by atoms with E-state index in [-0.39, 0.29) is 17.4 Å². The molecule has 2 atom stereocenters. The highest BCUT2D eigenvalue weighted by molar-refractivity contribution is 7.22. The van der Waals surface area contributed by atoms with E-state index in [0.29, 0.717) is 10.7 Å². The molecule has 6 nitrogen and oxygen atoms in total. The Labute approximate surface area is 212 Å². The van der Waals surface area contributed by atoms with Gasteiger partial charge in [-0.3, -0.25) is 14.5 Å². The second-order valence-electron chi connectivity index (χ2n) is 9.50. The lowest BCUT2D eigenvalue weighted by Crippen LogP contribution is -2.29. The molecule has 0 spiro atoms. The number of hydrogen-bond donors (Lipinski definition) is 1. The zero-order chi connectivity index (χ0) is 25.1. The number of rotatable bonds is 3. The van der Waals surface area contributed by atoms with Gasteiger partial charge >= 0.3 is 5.91 Å². The molecule has 2 aliphatic rings. The molecule has 180 valence electrons. The molecule has 1 amide bonds. The minimum absolute atomic E-state index is 0.0539. The molecule has 2 unspecified atom stereocenters. The first-order valence-electron chi connectivity index (χ1n) is 11.8. The molecule has 7 heteroatoms. The fourth-order valence-electron chi connectivity index (χ4n) is 4.94. The van der Waals surface area contributed by atoms with Gasteiger partial charge in [0.1, 0.15) is 17.6 Å². The minimum Gasteiger partial charge on any atom is -0.507 e. The molecule has 0 saturated carbocycles. The van der Waals surface area contributed by atoms with Gasteiger partial charge in [0.2, 0.25) is 0 Å². The van der Waals surface area contributed by atoms with Gasteiger partial charge in [-0.25, -0.2) is 4.98 Å². The Morgan fingerprint density at radius 1 is 1.03 bits per heavy atom. The quantitative estimate of drug-likeness (QED) is 0.218. The summed E-state index contributed by atoms with van der Waals surface area (Å²) in [5.74, 6) is -0.838. The van der Waals surface area contributed by atoms with Crippen LogP contribution in [0, 0.1) is 13.8 Å². The summed E-state index contributed by atoms with van der Waals surface area (Å²) in [6, 6.07) is 18.1. The molecular weight excluding hydrogens is 472 g/mol. The van der Waals surface area contributed by atoms with Crippen molar-refractivity contribution in [2.24, 2.45) is 0 Å². The molecule has 1 fully saturated rings. The van der Waals surface area contributed by atoms with Crippen LogP contribution in [-0.2, 0) is 16.0 Å². The number of Topliss-reactive ketones (excluding diaryl/α,β-unsaturated/α-hetero) is 1. The van der Waals surface area contributed by atoms with Crippen LogP contribution < -0.4 is 9.64 Å². The largest absolute Gasteiger partial charge is 0.507 e. The van der Waals surface area contributed by atoms with Crippen LogP contribution in [0.1, 0.15) is 40.8 Å². The second-order valence-corrected chi connectivity index (χ2v) is 10.5. The van der Waals surface area contributed by atoms with Crippen molar-refractivity contribution in [2.45, 2.75) is 39.3 Å². The molecule has 1 aromatic heterocycles. The number of benzene rings is 3. The van der Waals surface area contributed by atoms with E-state index in [4.69, 9.17) is 4.74 Å². The summed E-state index contributed by atoms with van der Waals surface area (Å²) in [5, 5.41) is 11.9. The molecule has 1 saturated heterocycles. The van der Waals surface area contributed by atoms with Crippen LogP contribution in [0.15, 0.2) is 66.2 Å². The fraction of sp³-hybridized carbons (Fsp3) is 0.207. The van der Waals surface area contributed by atoms with E-state index in [1.807, 2.05) is 69.3 Å². The third-order valence-corrected chi connectivity index (χ3v) is 7.76. The normalized spacial score (nSPS) is 20.7. The lowest BCUT2D eigenvalue weighted by atomic mass is 9.94. The monoisotopic (exact) mass is 496 g/mol. The van der Waals surface area contributed by atoms with E-state index in [0.717, 1.165) is 44.6 Å². The van der Waals surface area contributed by atoms with Gasteiger partial charge in [0, 0.05) is 12.0 Å². The number of aliphatic hydroxyl groups excluding tert-OH is 1. The topological polar surface area (TPSA) is 79.7 Å². The number of thiazole rings is 1. The van der Waals surface area contributed by atoms with Gasteiger partial charge in [0.25, 0.3) is 5.78 Å². The highest BCUT2D eigenvalue weighted by Gasteiger charge is 2.48. The zero-order valence-electron chi connectivity index (χ0n) is 20.1. The van der Waals surface area contributed by atoms with E-state index in [9.17, 15) is 14.7 Å².